The monoisotopic (exact) mass is 440 g/mol. The molecular formula is C23H18Cl2N2OS. The summed E-state index contributed by atoms with van der Waals surface area (Å²) in [6, 6.07) is 18.9. The normalized spacial score (nSPS) is 11.2. The van der Waals surface area contributed by atoms with E-state index < -0.39 is 0 Å². The Bertz CT molecular complexity index is 1260. The Morgan fingerprint density at radius 3 is 2.41 bits per heavy atom. The molecule has 0 N–H and O–H groups in total. The summed E-state index contributed by atoms with van der Waals surface area (Å²) in [6.45, 7) is 4.04. The topological polar surface area (TPSA) is 34.9 Å². The summed E-state index contributed by atoms with van der Waals surface area (Å²) < 4.78 is 1.69. The van der Waals surface area contributed by atoms with Gasteiger partial charge in [0.25, 0.3) is 5.56 Å². The summed E-state index contributed by atoms with van der Waals surface area (Å²) in [5, 5.41) is 1.78. The van der Waals surface area contributed by atoms with Crippen LogP contribution in [0.1, 0.15) is 17.0 Å². The molecule has 0 aliphatic heterocycles. The van der Waals surface area contributed by atoms with Crippen molar-refractivity contribution in [3.8, 4) is 5.69 Å². The lowest BCUT2D eigenvalue weighted by molar-refractivity contribution is 0.881. The first-order valence-corrected chi connectivity index (χ1v) is 10.8. The van der Waals surface area contributed by atoms with Crippen LogP contribution in [0.4, 0.5) is 0 Å². The van der Waals surface area contributed by atoms with Gasteiger partial charge in [0.2, 0.25) is 0 Å². The number of aryl methyl sites for hydroxylation is 2. The van der Waals surface area contributed by atoms with Crippen LogP contribution >= 0.6 is 35.0 Å². The number of nitrogens with zero attached hydrogens (tertiary/aromatic N) is 2. The Morgan fingerprint density at radius 1 is 0.966 bits per heavy atom. The molecule has 3 nitrogen and oxygen atoms in total. The van der Waals surface area contributed by atoms with Crippen molar-refractivity contribution < 1.29 is 0 Å². The Kier molecular flexibility index (Phi) is 5.68. The van der Waals surface area contributed by atoms with E-state index in [9.17, 15) is 4.79 Å². The first-order valence-electron chi connectivity index (χ1n) is 9.09. The Morgan fingerprint density at radius 2 is 1.69 bits per heavy atom. The van der Waals surface area contributed by atoms with Crippen LogP contribution in [0, 0.1) is 13.8 Å². The first kappa shape index (κ1) is 20.0. The van der Waals surface area contributed by atoms with Crippen LogP contribution < -0.4 is 5.56 Å². The highest BCUT2D eigenvalue weighted by Crippen LogP contribution is 2.30. The maximum Gasteiger partial charge on any atom is 0.265 e. The minimum absolute atomic E-state index is 0.105. The van der Waals surface area contributed by atoms with Gasteiger partial charge in [0, 0.05) is 9.92 Å². The van der Waals surface area contributed by atoms with Gasteiger partial charge in [-0.2, -0.15) is 0 Å². The molecule has 29 heavy (non-hydrogen) atoms. The molecule has 0 atom stereocenters. The maximum atomic E-state index is 13.4. The van der Waals surface area contributed by atoms with Gasteiger partial charge in [-0.05, 0) is 67.4 Å². The third-order valence-electron chi connectivity index (χ3n) is 4.56. The van der Waals surface area contributed by atoms with E-state index in [0.29, 0.717) is 32.5 Å². The van der Waals surface area contributed by atoms with Gasteiger partial charge in [0.15, 0.2) is 0 Å². The number of thioether (sulfide) groups is 1. The quantitative estimate of drug-likeness (QED) is 0.335. The molecule has 0 aliphatic carbocycles. The largest absolute Gasteiger partial charge is 0.268 e. The molecule has 0 saturated carbocycles. The van der Waals surface area contributed by atoms with Gasteiger partial charge in [0.1, 0.15) is 5.82 Å². The fourth-order valence-corrected chi connectivity index (χ4v) is 4.68. The number of hydrogen-bond acceptors (Lipinski definition) is 3. The summed E-state index contributed by atoms with van der Waals surface area (Å²) in [7, 11) is 0. The lowest BCUT2D eigenvalue weighted by atomic mass is 10.1. The average molecular weight is 441 g/mol. The fourth-order valence-electron chi connectivity index (χ4n) is 3.35. The van der Waals surface area contributed by atoms with E-state index in [1.54, 1.807) is 34.5 Å². The van der Waals surface area contributed by atoms with E-state index in [1.807, 2.05) is 50.2 Å². The van der Waals surface area contributed by atoms with E-state index in [0.717, 1.165) is 21.7 Å². The molecule has 3 aromatic carbocycles. The highest BCUT2D eigenvalue weighted by Gasteiger charge is 2.15. The number of halogens is 2. The van der Waals surface area contributed by atoms with E-state index in [4.69, 9.17) is 28.2 Å². The third kappa shape index (κ3) is 4.20. The summed E-state index contributed by atoms with van der Waals surface area (Å²) in [6.07, 6.45) is 0. The Hall–Kier alpha value is -2.27. The molecule has 1 aromatic heterocycles. The van der Waals surface area contributed by atoms with Crippen molar-refractivity contribution in [3.63, 3.8) is 0 Å². The van der Waals surface area contributed by atoms with Crippen molar-refractivity contribution in [1.29, 1.82) is 0 Å². The SMILES string of the molecule is Cc1cc(C)cc(-n2c(CSc3ccccc3Cl)nc3cc(Cl)ccc3c2=O)c1. The molecule has 4 rings (SSSR count). The minimum atomic E-state index is -0.105. The van der Waals surface area contributed by atoms with Crippen LogP contribution in [-0.4, -0.2) is 9.55 Å². The molecular weight excluding hydrogens is 423 g/mol. The van der Waals surface area contributed by atoms with Gasteiger partial charge in [-0.1, -0.05) is 41.4 Å². The molecule has 0 unspecified atom stereocenters. The second kappa shape index (κ2) is 8.23. The number of benzene rings is 3. The Labute approximate surface area is 183 Å². The molecule has 0 saturated heterocycles. The van der Waals surface area contributed by atoms with Crippen LogP contribution in [-0.2, 0) is 5.75 Å². The van der Waals surface area contributed by atoms with Gasteiger partial charge in [-0.3, -0.25) is 9.36 Å². The summed E-state index contributed by atoms with van der Waals surface area (Å²) in [5.74, 6) is 1.15. The minimum Gasteiger partial charge on any atom is -0.268 e. The van der Waals surface area contributed by atoms with Gasteiger partial charge in [-0.25, -0.2) is 4.98 Å². The first-order chi connectivity index (χ1) is 13.9. The highest BCUT2D eigenvalue weighted by atomic mass is 35.5. The van der Waals surface area contributed by atoms with Crippen molar-refractivity contribution in [1.82, 2.24) is 9.55 Å². The van der Waals surface area contributed by atoms with E-state index in [-0.39, 0.29) is 5.56 Å². The number of fused-ring (bicyclic) bond motifs is 1. The predicted octanol–water partition coefficient (Wildman–Crippen LogP) is 6.60. The average Bonchev–Trinajstić information content (AvgIpc) is 2.66. The van der Waals surface area contributed by atoms with Crippen LogP contribution in [0.5, 0.6) is 0 Å². The molecule has 0 radical (unpaired) electrons. The lowest BCUT2D eigenvalue weighted by Crippen LogP contribution is -2.23. The molecule has 1 heterocycles. The molecule has 0 aliphatic rings. The summed E-state index contributed by atoms with van der Waals surface area (Å²) in [4.78, 5) is 19.1. The van der Waals surface area contributed by atoms with Crippen molar-refractivity contribution in [3.05, 3.63) is 98.0 Å². The number of hydrogen-bond donors (Lipinski definition) is 0. The lowest BCUT2D eigenvalue weighted by Gasteiger charge is -2.15. The summed E-state index contributed by atoms with van der Waals surface area (Å²) in [5.41, 5.74) is 3.48. The van der Waals surface area contributed by atoms with Gasteiger partial charge in [0.05, 0.1) is 27.4 Å². The second-order valence-corrected chi connectivity index (χ2v) is 8.76. The van der Waals surface area contributed by atoms with Gasteiger partial charge in [-0.15, -0.1) is 11.8 Å². The zero-order valence-corrected chi connectivity index (χ0v) is 18.3. The zero-order valence-electron chi connectivity index (χ0n) is 15.9. The van der Waals surface area contributed by atoms with Crippen LogP contribution in [0.25, 0.3) is 16.6 Å². The van der Waals surface area contributed by atoms with Gasteiger partial charge >= 0.3 is 0 Å². The van der Waals surface area contributed by atoms with Crippen LogP contribution in [0.2, 0.25) is 10.0 Å². The standard InChI is InChI=1S/C23H18Cl2N2OS/c1-14-9-15(2)11-17(10-14)27-22(13-29-21-6-4-3-5-19(21)25)26-20-12-16(24)7-8-18(20)23(27)28/h3-12H,13H2,1-2H3. The highest BCUT2D eigenvalue weighted by molar-refractivity contribution is 7.98. The fraction of sp³-hybridized carbons (Fsp3) is 0.130. The Balaban J connectivity index is 1.90. The molecule has 0 spiro atoms. The summed E-state index contributed by atoms with van der Waals surface area (Å²) >= 11 is 14.0. The number of aromatic nitrogens is 2. The van der Waals surface area contributed by atoms with E-state index in [1.165, 1.54) is 0 Å². The molecule has 0 bridgehead atoms. The van der Waals surface area contributed by atoms with Crippen molar-refractivity contribution in [2.24, 2.45) is 0 Å². The number of rotatable bonds is 4. The van der Waals surface area contributed by atoms with E-state index >= 15 is 0 Å². The van der Waals surface area contributed by atoms with E-state index in [2.05, 4.69) is 6.07 Å². The predicted molar refractivity (Wildman–Crippen MR) is 123 cm³/mol. The van der Waals surface area contributed by atoms with Crippen molar-refractivity contribution >= 4 is 45.9 Å². The molecule has 146 valence electrons. The third-order valence-corrected chi connectivity index (χ3v) is 6.31. The molecule has 0 fully saturated rings. The van der Waals surface area contributed by atoms with Crippen molar-refractivity contribution in [2.45, 2.75) is 24.5 Å². The zero-order chi connectivity index (χ0) is 20.5. The molecule has 6 heteroatoms. The van der Waals surface area contributed by atoms with Crippen molar-refractivity contribution in [2.75, 3.05) is 0 Å². The van der Waals surface area contributed by atoms with Crippen LogP contribution in [0.15, 0.2) is 70.4 Å². The second-order valence-electron chi connectivity index (χ2n) is 6.90. The van der Waals surface area contributed by atoms with Crippen LogP contribution in [0.3, 0.4) is 0 Å². The molecule has 0 amide bonds. The molecule has 4 aromatic rings. The maximum absolute atomic E-state index is 13.4. The smallest absolute Gasteiger partial charge is 0.265 e. The van der Waals surface area contributed by atoms with Gasteiger partial charge < -0.3 is 0 Å².